The molecule has 6 heteroatoms. The van der Waals surface area contributed by atoms with E-state index in [1.165, 1.54) is 24.3 Å². The van der Waals surface area contributed by atoms with E-state index in [-0.39, 0.29) is 12.2 Å². The Balaban J connectivity index is 2.56. The van der Waals surface area contributed by atoms with Crippen LogP contribution >= 0.6 is 0 Å². The molecule has 0 unspecified atom stereocenters. The molecule has 0 heterocycles. The number of hydrogen-bond donors (Lipinski definition) is 1. The van der Waals surface area contributed by atoms with Gasteiger partial charge in [0.1, 0.15) is 4.90 Å². The smallest absolute Gasteiger partial charge is 0.339 e. The Labute approximate surface area is 119 Å². The molecule has 0 spiro atoms. The summed E-state index contributed by atoms with van der Waals surface area (Å²) in [5.41, 5.74) is -0.136. The van der Waals surface area contributed by atoms with Crippen LogP contribution in [-0.4, -0.2) is 25.5 Å². The van der Waals surface area contributed by atoms with Crippen LogP contribution in [0.15, 0.2) is 29.2 Å². The van der Waals surface area contributed by atoms with Crippen LogP contribution in [0.4, 0.5) is 0 Å². The van der Waals surface area contributed by atoms with Crippen LogP contribution < -0.4 is 0 Å². The lowest BCUT2D eigenvalue weighted by atomic mass is 10.2. The van der Waals surface area contributed by atoms with E-state index in [0.717, 1.165) is 32.1 Å². The standard InChI is InChI=1S/C14H20O5S/c1-2-3-4-5-8-11-19-14(15)12-9-6-7-10-13(12)20(16,17)18/h6-7,9-10H,2-5,8,11H2,1H3,(H,16,17,18). The SMILES string of the molecule is CCCCCCCOC(=O)c1ccccc1S(=O)(=O)O. The van der Waals surface area contributed by atoms with Gasteiger partial charge in [-0.05, 0) is 18.6 Å². The Morgan fingerprint density at radius 3 is 2.45 bits per heavy atom. The number of rotatable bonds is 8. The Morgan fingerprint density at radius 2 is 1.80 bits per heavy atom. The van der Waals surface area contributed by atoms with Crippen molar-refractivity contribution in [3.63, 3.8) is 0 Å². The van der Waals surface area contributed by atoms with E-state index in [4.69, 9.17) is 9.29 Å². The first-order valence-electron chi connectivity index (χ1n) is 6.70. The molecule has 20 heavy (non-hydrogen) atoms. The van der Waals surface area contributed by atoms with Crippen LogP contribution in [-0.2, 0) is 14.9 Å². The fraction of sp³-hybridized carbons (Fsp3) is 0.500. The second kappa shape index (κ2) is 8.01. The van der Waals surface area contributed by atoms with Gasteiger partial charge < -0.3 is 4.74 Å². The summed E-state index contributed by atoms with van der Waals surface area (Å²) in [5, 5.41) is 0. The summed E-state index contributed by atoms with van der Waals surface area (Å²) in [4.78, 5) is 11.4. The summed E-state index contributed by atoms with van der Waals surface area (Å²) in [6, 6.07) is 5.45. The van der Waals surface area contributed by atoms with Crippen molar-refractivity contribution < 1.29 is 22.5 Å². The molecule has 1 N–H and O–H groups in total. The van der Waals surface area contributed by atoms with Crippen molar-refractivity contribution in [2.24, 2.45) is 0 Å². The van der Waals surface area contributed by atoms with Crippen LogP contribution in [0.3, 0.4) is 0 Å². The lowest BCUT2D eigenvalue weighted by Gasteiger charge is -2.07. The van der Waals surface area contributed by atoms with E-state index < -0.39 is 21.0 Å². The largest absolute Gasteiger partial charge is 0.462 e. The highest BCUT2D eigenvalue weighted by atomic mass is 32.2. The molecular weight excluding hydrogens is 280 g/mol. The Hall–Kier alpha value is -1.40. The summed E-state index contributed by atoms with van der Waals surface area (Å²) < 4.78 is 36.4. The summed E-state index contributed by atoms with van der Waals surface area (Å²) in [5.74, 6) is -0.728. The maximum absolute atomic E-state index is 11.8. The van der Waals surface area contributed by atoms with Crippen LogP contribution in [0, 0.1) is 0 Å². The number of ether oxygens (including phenoxy) is 1. The van der Waals surface area contributed by atoms with E-state index >= 15 is 0 Å². The molecule has 0 amide bonds. The number of esters is 1. The summed E-state index contributed by atoms with van der Waals surface area (Å²) >= 11 is 0. The van der Waals surface area contributed by atoms with Crippen LogP contribution in [0.1, 0.15) is 49.4 Å². The molecule has 0 aliphatic rings. The molecule has 5 nitrogen and oxygen atoms in total. The third kappa shape index (κ3) is 5.30. The molecule has 0 atom stereocenters. The van der Waals surface area contributed by atoms with E-state index in [1.807, 2.05) is 0 Å². The third-order valence-electron chi connectivity index (χ3n) is 2.87. The summed E-state index contributed by atoms with van der Waals surface area (Å²) in [6.45, 7) is 2.37. The van der Waals surface area contributed by atoms with E-state index in [2.05, 4.69) is 6.92 Å². The molecule has 1 aromatic carbocycles. The Morgan fingerprint density at radius 1 is 1.15 bits per heavy atom. The maximum atomic E-state index is 11.8. The minimum Gasteiger partial charge on any atom is -0.462 e. The average Bonchev–Trinajstić information content (AvgIpc) is 2.41. The van der Waals surface area contributed by atoms with Gasteiger partial charge in [-0.15, -0.1) is 0 Å². The fourth-order valence-corrected chi connectivity index (χ4v) is 2.49. The lowest BCUT2D eigenvalue weighted by molar-refractivity contribution is 0.0492. The minimum absolute atomic E-state index is 0.136. The van der Waals surface area contributed by atoms with Gasteiger partial charge in [0.25, 0.3) is 10.1 Å². The molecule has 1 aromatic rings. The van der Waals surface area contributed by atoms with Crippen molar-refractivity contribution in [3.8, 4) is 0 Å². The van der Waals surface area contributed by atoms with Crippen molar-refractivity contribution in [1.29, 1.82) is 0 Å². The lowest BCUT2D eigenvalue weighted by Crippen LogP contribution is -2.12. The zero-order chi connectivity index (χ0) is 15.0. The minimum atomic E-state index is -4.42. The molecule has 112 valence electrons. The van der Waals surface area contributed by atoms with Crippen molar-refractivity contribution in [2.45, 2.75) is 43.9 Å². The molecule has 0 aliphatic heterocycles. The number of carbonyl (C=O) groups excluding carboxylic acids is 1. The molecule has 0 aromatic heterocycles. The predicted molar refractivity (Wildman–Crippen MR) is 75.3 cm³/mol. The van der Waals surface area contributed by atoms with Crippen LogP contribution in [0.25, 0.3) is 0 Å². The third-order valence-corrected chi connectivity index (χ3v) is 3.78. The molecule has 0 radical (unpaired) electrons. The zero-order valence-electron chi connectivity index (χ0n) is 11.5. The van der Waals surface area contributed by atoms with Gasteiger partial charge in [0, 0.05) is 0 Å². The van der Waals surface area contributed by atoms with Gasteiger partial charge in [-0.3, -0.25) is 4.55 Å². The molecule has 0 bridgehead atoms. The maximum Gasteiger partial charge on any atom is 0.339 e. The Bertz CT molecular complexity index is 536. The van der Waals surface area contributed by atoms with Crippen LogP contribution in [0.2, 0.25) is 0 Å². The normalized spacial score (nSPS) is 11.3. The zero-order valence-corrected chi connectivity index (χ0v) is 12.4. The summed E-state index contributed by atoms with van der Waals surface area (Å²) in [7, 11) is -4.42. The number of hydrogen-bond acceptors (Lipinski definition) is 4. The van der Waals surface area contributed by atoms with Crippen LogP contribution in [0.5, 0.6) is 0 Å². The first kappa shape index (κ1) is 16.7. The first-order chi connectivity index (χ1) is 9.46. The van der Waals surface area contributed by atoms with Gasteiger partial charge in [-0.2, -0.15) is 8.42 Å². The highest BCUT2D eigenvalue weighted by molar-refractivity contribution is 7.86. The van der Waals surface area contributed by atoms with Crippen molar-refractivity contribution >= 4 is 16.1 Å². The Kier molecular flexibility index (Phi) is 6.67. The molecule has 0 fully saturated rings. The van der Waals surface area contributed by atoms with Gasteiger partial charge in [-0.25, -0.2) is 4.79 Å². The molecule has 1 rings (SSSR count). The number of carbonyl (C=O) groups is 1. The first-order valence-corrected chi connectivity index (χ1v) is 8.14. The highest BCUT2D eigenvalue weighted by Crippen LogP contribution is 2.16. The quantitative estimate of drug-likeness (QED) is 0.453. The van der Waals surface area contributed by atoms with Gasteiger partial charge >= 0.3 is 5.97 Å². The van der Waals surface area contributed by atoms with Crippen molar-refractivity contribution in [3.05, 3.63) is 29.8 Å². The van der Waals surface area contributed by atoms with Gasteiger partial charge in [-0.1, -0.05) is 44.7 Å². The predicted octanol–water partition coefficient (Wildman–Crippen LogP) is 3.06. The molecule has 0 saturated heterocycles. The summed E-state index contributed by atoms with van der Waals surface area (Å²) in [6.07, 6.45) is 5.11. The van der Waals surface area contributed by atoms with E-state index in [9.17, 15) is 13.2 Å². The van der Waals surface area contributed by atoms with Gasteiger partial charge in [0.05, 0.1) is 12.2 Å². The topological polar surface area (TPSA) is 80.7 Å². The average molecular weight is 300 g/mol. The second-order valence-electron chi connectivity index (χ2n) is 4.52. The fourth-order valence-electron chi connectivity index (χ4n) is 1.81. The highest BCUT2D eigenvalue weighted by Gasteiger charge is 2.20. The van der Waals surface area contributed by atoms with E-state index in [0.29, 0.717) is 0 Å². The number of unbranched alkanes of at least 4 members (excludes halogenated alkanes) is 4. The monoisotopic (exact) mass is 300 g/mol. The molecule has 0 saturated carbocycles. The van der Waals surface area contributed by atoms with E-state index in [1.54, 1.807) is 0 Å². The van der Waals surface area contributed by atoms with Gasteiger partial charge in [0.15, 0.2) is 0 Å². The van der Waals surface area contributed by atoms with Gasteiger partial charge in [0.2, 0.25) is 0 Å². The van der Waals surface area contributed by atoms with Crippen molar-refractivity contribution in [1.82, 2.24) is 0 Å². The van der Waals surface area contributed by atoms with Crippen molar-refractivity contribution in [2.75, 3.05) is 6.61 Å². The molecule has 0 aliphatic carbocycles. The molecular formula is C14H20O5S. The number of benzene rings is 1. The second-order valence-corrected chi connectivity index (χ2v) is 5.91.